The zero-order valence-electron chi connectivity index (χ0n) is 14.2. The third-order valence-electron chi connectivity index (χ3n) is 4.72. The molecule has 5 heteroatoms. The Kier molecular flexibility index (Phi) is 6.12. The molecule has 1 aliphatic heterocycles. The van der Waals surface area contributed by atoms with Crippen molar-refractivity contribution < 1.29 is 4.21 Å². The number of nitrogens with zero attached hydrogens (tertiary/aromatic N) is 3. The van der Waals surface area contributed by atoms with E-state index in [4.69, 9.17) is 0 Å². The van der Waals surface area contributed by atoms with Gasteiger partial charge in [-0.2, -0.15) is 0 Å². The van der Waals surface area contributed by atoms with Crippen LogP contribution in [0.5, 0.6) is 0 Å². The van der Waals surface area contributed by atoms with Crippen LogP contribution in [0.4, 0.5) is 0 Å². The first kappa shape index (κ1) is 17.3. The van der Waals surface area contributed by atoms with Gasteiger partial charge in [-0.1, -0.05) is 24.3 Å². The molecule has 2 atom stereocenters. The van der Waals surface area contributed by atoms with Crippen molar-refractivity contribution in [2.75, 3.05) is 38.5 Å². The predicted octanol–water partition coefficient (Wildman–Crippen LogP) is 2.57. The van der Waals surface area contributed by atoms with Crippen LogP contribution in [-0.2, 0) is 10.8 Å². The summed E-state index contributed by atoms with van der Waals surface area (Å²) in [6.07, 6.45) is 3.78. The Labute approximate surface area is 147 Å². The van der Waals surface area contributed by atoms with Crippen LogP contribution in [0.25, 0.3) is 0 Å². The Morgan fingerprint density at radius 1 is 1.08 bits per heavy atom. The van der Waals surface area contributed by atoms with Gasteiger partial charge >= 0.3 is 0 Å². The van der Waals surface area contributed by atoms with Gasteiger partial charge in [-0.25, -0.2) is 0 Å². The third kappa shape index (κ3) is 4.50. The minimum absolute atomic E-state index is 0.402. The highest BCUT2D eigenvalue weighted by molar-refractivity contribution is 7.85. The van der Waals surface area contributed by atoms with E-state index in [1.54, 1.807) is 0 Å². The lowest BCUT2D eigenvalue weighted by Crippen LogP contribution is -2.48. The second-order valence-electron chi connectivity index (χ2n) is 6.20. The Bertz CT molecular complexity index is 642. The highest BCUT2D eigenvalue weighted by Gasteiger charge is 2.22. The zero-order valence-corrected chi connectivity index (χ0v) is 15.0. The molecular weight excluding hydrogens is 318 g/mol. The van der Waals surface area contributed by atoms with E-state index in [-0.39, 0.29) is 0 Å². The van der Waals surface area contributed by atoms with Gasteiger partial charge in [0.25, 0.3) is 0 Å². The second kappa shape index (κ2) is 8.51. The summed E-state index contributed by atoms with van der Waals surface area (Å²) in [6, 6.07) is 14.3. The highest BCUT2D eigenvalue weighted by atomic mass is 32.2. The SMILES string of the molecule is C[C@@H](c1cccnc1)N1CCN(CC[S@](=O)c2ccccc2)CC1. The van der Waals surface area contributed by atoms with Gasteiger partial charge in [0.2, 0.25) is 0 Å². The number of pyridine rings is 1. The van der Waals surface area contributed by atoms with E-state index >= 15 is 0 Å². The van der Waals surface area contributed by atoms with Crippen molar-refractivity contribution in [3.8, 4) is 0 Å². The molecule has 1 aliphatic rings. The topological polar surface area (TPSA) is 36.4 Å². The van der Waals surface area contributed by atoms with Crippen molar-refractivity contribution >= 4 is 10.8 Å². The molecule has 2 aromatic rings. The summed E-state index contributed by atoms with van der Waals surface area (Å²) in [6.45, 7) is 7.32. The maximum absolute atomic E-state index is 12.3. The fraction of sp³-hybridized carbons (Fsp3) is 0.421. The molecule has 3 rings (SSSR count). The molecule has 24 heavy (non-hydrogen) atoms. The Hall–Kier alpha value is -1.56. The quantitative estimate of drug-likeness (QED) is 0.808. The monoisotopic (exact) mass is 343 g/mol. The number of piperazine rings is 1. The first-order valence-corrected chi connectivity index (χ1v) is 9.85. The Morgan fingerprint density at radius 3 is 2.50 bits per heavy atom. The van der Waals surface area contributed by atoms with Crippen molar-refractivity contribution in [3.05, 3.63) is 60.4 Å². The Balaban J connectivity index is 1.45. The van der Waals surface area contributed by atoms with E-state index in [1.165, 1.54) is 5.56 Å². The van der Waals surface area contributed by atoms with Crippen molar-refractivity contribution in [1.82, 2.24) is 14.8 Å². The van der Waals surface area contributed by atoms with Gasteiger partial charge in [0.15, 0.2) is 0 Å². The number of benzene rings is 1. The smallest absolute Gasteiger partial charge is 0.0542 e. The first-order valence-electron chi connectivity index (χ1n) is 8.54. The normalized spacial score (nSPS) is 19.0. The molecule has 0 saturated carbocycles. The van der Waals surface area contributed by atoms with Crippen LogP contribution in [0.3, 0.4) is 0 Å². The molecular formula is C19H25N3OS. The lowest BCUT2D eigenvalue weighted by atomic mass is 10.1. The summed E-state index contributed by atoms with van der Waals surface area (Å²) in [7, 11) is -0.896. The zero-order chi connectivity index (χ0) is 16.8. The van der Waals surface area contributed by atoms with Gasteiger partial charge in [-0.3, -0.25) is 19.0 Å². The Morgan fingerprint density at radius 2 is 1.83 bits per heavy atom. The summed E-state index contributed by atoms with van der Waals surface area (Å²) in [5.41, 5.74) is 1.27. The van der Waals surface area contributed by atoms with Crippen LogP contribution in [0.1, 0.15) is 18.5 Å². The second-order valence-corrected chi connectivity index (χ2v) is 7.77. The molecule has 1 aromatic heterocycles. The van der Waals surface area contributed by atoms with E-state index < -0.39 is 10.8 Å². The standard InChI is InChI=1S/C19H25N3OS/c1-17(18-6-5-9-20-16-18)22-12-10-21(11-13-22)14-15-24(23)19-7-3-2-4-8-19/h2-9,16-17H,10-15H2,1H3/t17-,24-/m0/s1. The van der Waals surface area contributed by atoms with E-state index in [1.807, 2.05) is 48.8 Å². The van der Waals surface area contributed by atoms with Gasteiger partial charge in [0.1, 0.15) is 0 Å². The number of aromatic nitrogens is 1. The summed E-state index contributed by atoms with van der Waals surface area (Å²) in [5, 5.41) is 0. The molecule has 0 radical (unpaired) electrons. The van der Waals surface area contributed by atoms with E-state index in [9.17, 15) is 4.21 Å². The molecule has 0 bridgehead atoms. The van der Waals surface area contributed by atoms with Crippen LogP contribution >= 0.6 is 0 Å². The van der Waals surface area contributed by atoms with E-state index in [0.29, 0.717) is 11.8 Å². The number of hydrogen-bond donors (Lipinski definition) is 0. The molecule has 0 spiro atoms. The molecule has 128 valence electrons. The average molecular weight is 343 g/mol. The molecule has 1 fully saturated rings. The maximum Gasteiger partial charge on any atom is 0.0542 e. The molecule has 0 aliphatic carbocycles. The fourth-order valence-electron chi connectivity index (χ4n) is 3.11. The van der Waals surface area contributed by atoms with Crippen LogP contribution < -0.4 is 0 Å². The minimum atomic E-state index is -0.896. The predicted molar refractivity (Wildman–Crippen MR) is 98.4 cm³/mol. The van der Waals surface area contributed by atoms with Gasteiger partial charge in [-0.15, -0.1) is 0 Å². The van der Waals surface area contributed by atoms with Gasteiger partial charge in [0.05, 0.1) is 10.8 Å². The van der Waals surface area contributed by atoms with E-state index in [2.05, 4.69) is 27.8 Å². The first-order chi connectivity index (χ1) is 11.7. The largest absolute Gasteiger partial charge is 0.300 e. The van der Waals surface area contributed by atoms with Crippen molar-refractivity contribution in [3.63, 3.8) is 0 Å². The maximum atomic E-state index is 12.3. The van der Waals surface area contributed by atoms with Crippen LogP contribution in [0.2, 0.25) is 0 Å². The average Bonchev–Trinajstić information content (AvgIpc) is 2.67. The lowest BCUT2D eigenvalue weighted by molar-refractivity contribution is 0.106. The summed E-state index contributed by atoms with van der Waals surface area (Å²) >= 11 is 0. The number of rotatable bonds is 6. The van der Waals surface area contributed by atoms with E-state index in [0.717, 1.165) is 37.6 Å². The third-order valence-corrected chi connectivity index (χ3v) is 6.07. The van der Waals surface area contributed by atoms with Crippen molar-refractivity contribution in [1.29, 1.82) is 0 Å². The van der Waals surface area contributed by atoms with Gasteiger partial charge < -0.3 is 0 Å². The molecule has 1 saturated heterocycles. The fourth-order valence-corrected chi connectivity index (χ4v) is 4.23. The molecule has 0 amide bonds. The highest BCUT2D eigenvalue weighted by Crippen LogP contribution is 2.20. The van der Waals surface area contributed by atoms with Gasteiger partial charge in [0, 0.05) is 61.8 Å². The number of hydrogen-bond acceptors (Lipinski definition) is 4. The molecule has 4 nitrogen and oxygen atoms in total. The molecule has 1 aromatic carbocycles. The summed E-state index contributed by atoms with van der Waals surface area (Å²) in [5.74, 6) is 0.710. The van der Waals surface area contributed by atoms with Crippen molar-refractivity contribution in [2.45, 2.75) is 17.9 Å². The van der Waals surface area contributed by atoms with Crippen LogP contribution in [0, 0.1) is 0 Å². The van der Waals surface area contributed by atoms with Gasteiger partial charge in [-0.05, 0) is 30.7 Å². The molecule has 0 N–H and O–H groups in total. The molecule has 0 unspecified atom stereocenters. The van der Waals surface area contributed by atoms with Crippen LogP contribution in [-0.4, -0.2) is 57.5 Å². The lowest BCUT2D eigenvalue weighted by Gasteiger charge is -2.38. The minimum Gasteiger partial charge on any atom is -0.300 e. The van der Waals surface area contributed by atoms with Crippen molar-refractivity contribution in [2.24, 2.45) is 0 Å². The summed E-state index contributed by atoms with van der Waals surface area (Å²) in [4.78, 5) is 10.1. The van der Waals surface area contributed by atoms with Crippen LogP contribution in [0.15, 0.2) is 59.8 Å². The summed E-state index contributed by atoms with van der Waals surface area (Å²) < 4.78 is 12.3. The molecule has 2 heterocycles.